The smallest absolute Gasteiger partial charge is 0.305 e. The third kappa shape index (κ3) is 8.29. The number of hydrogen-bond donors (Lipinski definition) is 3. The van der Waals surface area contributed by atoms with Crippen molar-refractivity contribution in [2.45, 2.75) is 52.1 Å². The normalized spacial score (nSPS) is 13.4. The fourth-order valence-electron chi connectivity index (χ4n) is 1.92. The minimum Gasteiger partial charge on any atom is -0.481 e. The number of nitrogens with one attached hydrogen (secondary N) is 2. The summed E-state index contributed by atoms with van der Waals surface area (Å²) in [7, 11) is 0. The minimum absolute atomic E-state index is 0.134. The number of carbonyl (C=O) groups is 3. The Bertz CT molecular complexity index is 366. The lowest BCUT2D eigenvalue weighted by molar-refractivity contribution is -0.138. The van der Waals surface area contributed by atoms with E-state index >= 15 is 0 Å². The predicted octanol–water partition coefficient (Wildman–Crippen LogP) is 1.07. The van der Waals surface area contributed by atoms with Gasteiger partial charge in [-0.3, -0.25) is 14.4 Å². The van der Waals surface area contributed by atoms with Crippen molar-refractivity contribution in [1.82, 2.24) is 10.6 Å². The van der Waals surface area contributed by atoms with E-state index in [0.29, 0.717) is 12.8 Å². The first kappa shape index (κ1) is 18.1. The SMILES string of the molecule is C=CCC(NC(C)=O)C(=O)N[C@H](CC(=O)O)CC(C)C. The second kappa shape index (κ2) is 9.12. The van der Waals surface area contributed by atoms with Gasteiger partial charge in [-0.1, -0.05) is 19.9 Å². The van der Waals surface area contributed by atoms with E-state index in [4.69, 9.17) is 5.11 Å². The van der Waals surface area contributed by atoms with Gasteiger partial charge < -0.3 is 15.7 Å². The van der Waals surface area contributed by atoms with E-state index in [1.165, 1.54) is 13.0 Å². The Morgan fingerprint density at radius 1 is 1.25 bits per heavy atom. The lowest BCUT2D eigenvalue weighted by Crippen LogP contribution is -2.49. The summed E-state index contributed by atoms with van der Waals surface area (Å²) in [5, 5.41) is 14.1. The molecule has 3 N–H and O–H groups in total. The van der Waals surface area contributed by atoms with Crippen LogP contribution in [0.4, 0.5) is 0 Å². The van der Waals surface area contributed by atoms with E-state index in [-0.39, 0.29) is 24.2 Å². The molecule has 6 heteroatoms. The Labute approximate surface area is 119 Å². The van der Waals surface area contributed by atoms with Crippen molar-refractivity contribution < 1.29 is 19.5 Å². The maximum absolute atomic E-state index is 12.1. The molecule has 0 aromatic carbocycles. The highest BCUT2D eigenvalue weighted by molar-refractivity contribution is 5.87. The van der Waals surface area contributed by atoms with Gasteiger partial charge >= 0.3 is 5.97 Å². The largest absolute Gasteiger partial charge is 0.481 e. The van der Waals surface area contributed by atoms with Crippen LogP contribution >= 0.6 is 0 Å². The van der Waals surface area contributed by atoms with Gasteiger partial charge in [-0.2, -0.15) is 0 Å². The van der Waals surface area contributed by atoms with Crippen molar-refractivity contribution in [2.24, 2.45) is 5.92 Å². The Morgan fingerprint density at radius 3 is 2.25 bits per heavy atom. The van der Waals surface area contributed by atoms with Gasteiger partial charge in [0.1, 0.15) is 6.04 Å². The molecule has 2 amide bonds. The van der Waals surface area contributed by atoms with Crippen molar-refractivity contribution in [3.63, 3.8) is 0 Å². The summed E-state index contributed by atoms with van der Waals surface area (Å²) in [4.78, 5) is 33.9. The summed E-state index contributed by atoms with van der Waals surface area (Å²) in [6.07, 6.45) is 2.27. The first-order valence-electron chi connectivity index (χ1n) is 6.66. The standard InChI is InChI=1S/C14H24N2O4/c1-5-6-12(15-10(4)17)14(20)16-11(7-9(2)3)8-13(18)19/h5,9,11-12H,1,6-8H2,2-4H3,(H,15,17)(H,16,20)(H,18,19)/t11-,12?/m0/s1. The highest BCUT2D eigenvalue weighted by Gasteiger charge is 2.23. The van der Waals surface area contributed by atoms with Crippen LogP contribution in [-0.2, 0) is 14.4 Å². The van der Waals surface area contributed by atoms with Crippen LogP contribution in [0.25, 0.3) is 0 Å². The fourth-order valence-corrected chi connectivity index (χ4v) is 1.92. The van der Waals surface area contributed by atoms with Crippen molar-refractivity contribution in [2.75, 3.05) is 0 Å². The summed E-state index contributed by atoms with van der Waals surface area (Å²) < 4.78 is 0. The molecule has 0 radical (unpaired) electrons. The summed E-state index contributed by atoms with van der Waals surface area (Å²) >= 11 is 0. The molecular formula is C14H24N2O4. The van der Waals surface area contributed by atoms with Crippen LogP contribution in [0.5, 0.6) is 0 Å². The zero-order valence-corrected chi connectivity index (χ0v) is 12.3. The highest BCUT2D eigenvalue weighted by Crippen LogP contribution is 2.09. The molecule has 0 saturated carbocycles. The zero-order valence-electron chi connectivity index (χ0n) is 12.3. The van der Waals surface area contributed by atoms with Gasteiger partial charge in [0, 0.05) is 13.0 Å². The molecule has 0 aliphatic rings. The van der Waals surface area contributed by atoms with E-state index in [0.717, 1.165) is 0 Å². The van der Waals surface area contributed by atoms with E-state index in [1.807, 2.05) is 13.8 Å². The van der Waals surface area contributed by atoms with Gasteiger partial charge in [0.05, 0.1) is 6.42 Å². The molecule has 0 aliphatic carbocycles. The first-order chi connectivity index (χ1) is 9.26. The topological polar surface area (TPSA) is 95.5 Å². The molecule has 1 unspecified atom stereocenters. The second-order valence-electron chi connectivity index (χ2n) is 5.21. The number of hydrogen-bond acceptors (Lipinski definition) is 3. The average molecular weight is 284 g/mol. The number of carboxylic acid groups (broad SMARTS) is 1. The van der Waals surface area contributed by atoms with Crippen molar-refractivity contribution in [3.8, 4) is 0 Å². The van der Waals surface area contributed by atoms with Gasteiger partial charge in [0.15, 0.2) is 0 Å². The van der Waals surface area contributed by atoms with Gasteiger partial charge in [0.25, 0.3) is 0 Å². The third-order valence-corrected chi connectivity index (χ3v) is 2.62. The average Bonchev–Trinajstić information content (AvgIpc) is 2.25. The van der Waals surface area contributed by atoms with Crippen LogP contribution in [0.3, 0.4) is 0 Å². The third-order valence-electron chi connectivity index (χ3n) is 2.62. The number of amides is 2. The summed E-state index contributed by atoms with van der Waals surface area (Å²) in [5.41, 5.74) is 0. The minimum atomic E-state index is -0.962. The van der Waals surface area contributed by atoms with E-state index < -0.39 is 18.1 Å². The van der Waals surface area contributed by atoms with Crippen molar-refractivity contribution in [3.05, 3.63) is 12.7 Å². The fraction of sp³-hybridized carbons (Fsp3) is 0.643. The predicted molar refractivity (Wildman–Crippen MR) is 76.1 cm³/mol. The maximum Gasteiger partial charge on any atom is 0.305 e. The highest BCUT2D eigenvalue weighted by atomic mass is 16.4. The van der Waals surface area contributed by atoms with Crippen LogP contribution in [0.1, 0.15) is 40.0 Å². The number of carboxylic acids is 1. The Kier molecular flexibility index (Phi) is 8.27. The molecule has 6 nitrogen and oxygen atoms in total. The van der Waals surface area contributed by atoms with Gasteiger partial charge in [0.2, 0.25) is 11.8 Å². The lowest BCUT2D eigenvalue weighted by Gasteiger charge is -2.22. The summed E-state index contributed by atoms with van der Waals surface area (Å²) in [5.74, 6) is -1.40. The summed E-state index contributed by atoms with van der Waals surface area (Å²) in [6.45, 7) is 8.78. The van der Waals surface area contributed by atoms with Crippen molar-refractivity contribution >= 4 is 17.8 Å². The maximum atomic E-state index is 12.1. The number of aliphatic carboxylic acids is 1. The molecule has 20 heavy (non-hydrogen) atoms. The van der Waals surface area contributed by atoms with Crippen LogP contribution in [0.15, 0.2) is 12.7 Å². The molecule has 0 fully saturated rings. The van der Waals surface area contributed by atoms with Gasteiger partial charge in [-0.25, -0.2) is 0 Å². The molecule has 0 heterocycles. The van der Waals surface area contributed by atoms with Gasteiger partial charge in [-0.15, -0.1) is 6.58 Å². The van der Waals surface area contributed by atoms with Crippen LogP contribution < -0.4 is 10.6 Å². The number of rotatable bonds is 9. The van der Waals surface area contributed by atoms with Crippen LogP contribution in [0, 0.1) is 5.92 Å². The molecular weight excluding hydrogens is 260 g/mol. The van der Waals surface area contributed by atoms with Crippen molar-refractivity contribution in [1.29, 1.82) is 0 Å². The van der Waals surface area contributed by atoms with Gasteiger partial charge in [-0.05, 0) is 18.8 Å². The molecule has 0 bridgehead atoms. The first-order valence-corrected chi connectivity index (χ1v) is 6.66. The Hall–Kier alpha value is -1.85. The molecule has 0 aliphatic heterocycles. The quantitative estimate of drug-likeness (QED) is 0.552. The van der Waals surface area contributed by atoms with Crippen LogP contribution in [0.2, 0.25) is 0 Å². The lowest BCUT2D eigenvalue weighted by atomic mass is 10.0. The Balaban J connectivity index is 4.70. The molecule has 2 atom stereocenters. The van der Waals surface area contributed by atoms with E-state index in [2.05, 4.69) is 17.2 Å². The molecule has 0 saturated heterocycles. The zero-order chi connectivity index (χ0) is 15.7. The molecule has 114 valence electrons. The summed E-state index contributed by atoms with van der Waals surface area (Å²) in [6, 6.07) is -1.16. The Morgan fingerprint density at radius 2 is 1.85 bits per heavy atom. The van der Waals surface area contributed by atoms with Crippen LogP contribution in [-0.4, -0.2) is 35.0 Å². The molecule has 0 spiro atoms. The van der Waals surface area contributed by atoms with E-state index in [1.54, 1.807) is 0 Å². The molecule has 0 aromatic heterocycles. The molecule has 0 rings (SSSR count). The number of carbonyl (C=O) groups excluding carboxylic acids is 2. The molecule has 0 aromatic rings. The monoisotopic (exact) mass is 284 g/mol. The second-order valence-corrected chi connectivity index (χ2v) is 5.21. The van der Waals surface area contributed by atoms with E-state index in [9.17, 15) is 14.4 Å².